The Morgan fingerprint density at radius 3 is 2.47 bits per heavy atom. The molecule has 0 spiro atoms. The van der Waals surface area contributed by atoms with Gasteiger partial charge in [-0.25, -0.2) is 0 Å². The molecular weight excluding hydrogens is 469 g/mol. The van der Waals surface area contributed by atoms with E-state index in [4.69, 9.17) is 9.47 Å². The zero-order valence-corrected chi connectivity index (χ0v) is 19.3. The van der Waals surface area contributed by atoms with E-state index in [2.05, 4.69) is 22.1 Å². The number of thioether (sulfide) groups is 1. The van der Waals surface area contributed by atoms with Gasteiger partial charge in [0, 0.05) is 12.2 Å². The van der Waals surface area contributed by atoms with E-state index in [1.54, 1.807) is 29.9 Å². The maximum absolute atomic E-state index is 12.7. The van der Waals surface area contributed by atoms with Gasteiger partial charge in [-0.1, -0.05) is 30.0 Å². The normalized spacial score (nSPS) is 12.1. The van der Waals surface area contributed by atoms with E-state index in [1.165, 1.54) is 12.1 Å². The smallest absolute Gasteiger partial charge is 0.416 e. The summed E-state index contributed by atoms with van der Waals surface area (Å²) in [5.74, 6) is 1.27. The minimum Gasteiger partial charge on any atom is -0.493 e. The fourth-order valence-electron chi connectivity index (χ4n) is 3.04. The van der Waals surface area contributed by atoms with Crippen LogP contribution < -0.4 is 14.8 Å². The molecule has 1 heterocycles. The first kappa shape index (κ1) is 25.2. The van der Waals surface area contributed by atoms with Gasteiger partial charge in [0.1, 0.15) is 0 Å². The SMILES string of the molecule is C=CCn1c(SCC(=O)Nc2ccc(C(F)(F)F)cc2)nnc1C(C)Oc1ccccc1OC. The number of nitrogens with one attached hydrogen (secondary N) is 1. The third-order valence-corrected chi connectivity index (χ3v) is 5.59. The molecule has 0 aliphatic heterocycles. The number of nitrogens with zero attached hydrogens (tertiary/aromatic N) is 3. The van der Waals surface area contributed by atoms with E-state index in [0.29, 0.717) is 29.0 Å². The van der Waals surface area contributed by atoms with E-state index in [1.807, 2.05) is 19.1 Å². The van der Waals surface area contributed by atoms with E-state index < -0.39 is 23.8 Å². The highest BCUT2D eigenvalue weighted by Crippen LogP contribution is 2.32. The number of rotatable bonds is 10. The van der Waals surface area contributed by atoms with E-state index in [0.717, 1.165) is 23.9 Å². The molecule has 0 fully saturated rings. The molecule has 0 aliphatic rings. The van der Waals surface area contributed by atoms with Gasteiger partial charge in [0.25, 0.3) is 0 Å². The molecule has 1 atom stereocenters. The number of carbonyl (C=O) groups is 1. The number of carbonyl (C=O) groups excluding carboxylic acids is 1. The Labute approximate surface area is 199 Å². The van der Waals surface area contributed by atoms with Crippen LogP contribution in [0.15, 0.2) is 66.3 Å². The highest BCUT2D eigenvalue weighted by Gasteiger charge is 2.30. The van der Waals surface area contributed by atoms with Gasteiger partial charge in [-0.3, -0.25) is 9.36 Å². The molecule has 1 amide bonds. The molecule has 0 aliphatic carbocycles. The zero-order chi connectivity index (χ0) is 24.7. The summed E-state index contributed by atoms with van der Waals surface area (Å²) in [6.07, 6.45) is -3.23. The first-order valence-electron chi connectivity index (χ1n) is 10.2. The number of benzene rings is 2. The average molecular weight is 493 g/mol. The number of anilines is 1. The van der Waals surface area contributed by atoms with Crippen molar-refractivity contribution < 1.29 is 27.4 Å². The maximum Gasteiger partial charge on any atom is 0.416 e. The lowest BCUT2D eigenvalue weighted by molar-refractivity contribution is -0.137. The number of allylic oxidation sites excluding steroid dienone is 1. The van der Waals surface area contributed by atoms with Crippen molar-refractivity contribution in [2.75, 3.05) is 18.2 Å². The molecule has 0 saturated carbocycles. The van der Waals surface area contributed by atoms with Gasteiger partial charge in [0.15, 0.2) is 28.6 Å². The summed E-state index contributed by atoms with van der Waals surface area (Å²) in [6.45, 7) is 5.97. The molecule has 11 heteroatoms. The summed E-state index contributed by atoms with van der Waals surface area (Å²) < 4.78 is 51.2. The molecule has 3 rings (SSSR count). The number of amides is 1. The Bertz CT molecular complexity index is 1130. The number of hydrogen-bond acceptors (Lipinski definition) is 6. The van der Waals surface area contributed by atoms with E-state index >= 15 is 0 Å². The van der Waals surface area contributed by atoms with Crippen LogP contribution in [-0.4, -0.2) is 33.5 Å². The standard InChI is InChI=1S/C23H23F3N4O3S/c1-4-13-30-21(15(2)33-19-8-6-5-7-18(19)32-3)28-29-22(30)34-14-20(31)27-17-11-9-16(10-12-17)23(24,25)26/h4-12,15H,1,13-14H2,2-3H3,(H,27,31). The molecule has 7 nitrogen and oxygen atoms in total. The molecule has 180 valence electrons. The summed E-state index contributed by atoms with van der Waals surface area (Å²) >= 11 is 1.14. The lowest BCUT2D eigenvalue weighted by Gasteiger charge is -2.17. The molecule has 0 radical (unpaired) electrons. The second-order valence-corrected chi connectivity index (χ2v) is 8.01. The van der Waals surface area contributed by atoms with Crippen molar-refractivity contribution in [1.82, 2.24) is 14.8 Å². The van der Waals surface area contributed by atoms with E-state index in [-0.39, 0.29) is 11.4 Å². The van der Waals surface area contributed by atoms with Crippen LogP contribution in [0.2, 0.25) is 0 Å². The van der Waals surface area contributed by atoms with Crippen molar-refractivity contribution in [2.45, 2.75) is 30.9 Å². The summed E-state index contributed by atoms with van der Waals surface area (Å²) in [5.41, 5.74) is -0.514. The van der Waals surface area contributed by atoms with Crippen LogP contribution in [0.1, 0.15) is 24.4 Å². The second kappa shape index (κ2) is 11.1. The number of alkyl halides is 3. The van der Waals surface area contributed by atoms with Gasteiger partial charge in [-0.2, -0.15) is 13.2 Å². The van der Waals surface area contributed by atoms with Crippen molar-refractivity contribution in [3.05, 3.63) is 72.6 Å². The Morgan fingerprint density at radius 1 is 1.18 bits per heavy atom. The van der Waals surface area contributed by atoms with Crippen molar-refractivity contribution in [3.63, 3.8) is 0 Å². The number of hydrogen-bond donors (Lipinski definition) is 1. The number of aromatic nitrogens is 3. The van der Waals surface area contributed by atoms with Gasteiger partial charge in [-0.05, 0) is 43.3 Å². The molecule has 1 aromatic heterocycles. The van der Waals surface area contributed by atoms with Gasteiger partial charge < -0.3 is 14.8 Å². The molecule has 1 N–H and O–H groups in total. The van der Waals surface area contributed by atoms with Gasteiger partial charge in [0.05, 0.1) is 18.4 Å². The molecule has 0 saturated heterocycles. The quantitative estimate of drug-likeness (QED) is 0.303. The summed E-state index contributed by atoms with van der Waals surface area (Å²) in [6, 6.07) is 11.5. The van der Waals surface area contributed by atoms with Crippen LogP contribution in [0.5, 0.6) is 11.5 Å². The first-order valence-corrected chi connectivity index (χ1v) is 11.1. The van der Waals surface area contributed by atoms with Crippen LogP contribution in [0, 0.1) is 0 Å². The third-order valence-electron chi connectivity index (χ3n) is 4.62. The maximum atomic E-state index is 12.7. The van der Waals surface area contributed by atoms with Crippen molar-refractivity contribution in [3.8, 4) is 11.5 Å². The van der Waals surface area contributed by atoms with E-state index in [9.17, 15) is 18.0 Å². The molecule has 34 heavy (non-hydrogen) atoms. The fraction of sp³-hybridized carbons (Fsp3) is 0.261. The fourth-order valence-corrected chi connectivity index (χ4v) is 3.79. The lowest BCUT2D eigenvalue weighted by Crippen LogP contribution is -2.16. The number of methoxy groups -OCH3 is 1. The Balaban J connectivity index is 1.66. The van der Waals surface area contributed by atoms with Crippen molar-refractivity contribution in [1.29, 1.82) is 0 Å². The highest BCUT2D eigenvalue weighted by molar-refractivity contribution is 7.99. The summed E-state index contributed by atoms with van der Waals surface area (Å²) in [4.78, 5) is 12.3. The Kier molecular flexibility index (Phi) is 8.21. The minimum absolute atomic E-state index is 0.0158. The monoisotopic (exact) mass is 492 g/mol. The topological polar surface area (TPSA) is 78.3 Å². The highest BCUT2D eigenvalue weighted by atomic mass is 32.2. The van der Waals surface area contributed by atoms with Crippen LogP contribution in [0.3, 0.4) is 0 Å². The number of para-hydroxylation sites is 2. The minimum atomic E-state index is -4.43. The first-order chi connectivity index (χ1) is 16.2. The third kappa shape index (κ3) is 6.31. The van der Waals surface area contributed by atoms with Gasteiger partial charge in [-0.15, -0.1) is 16.8 Å². The van der Waals surface area contributed by atoms with Gasteiger partial charge in [0.2, 0.25) is 5.91 Å². The van der Waals surface area contributed by atoms with Gasteiger partial charge >= 0.3 is 6.18 Å². The summed E-state index contributed by atoms with van der Waals surface area (Å²) in [5, 5.41) is 11.4. The van der Waals surface area contributed by atoms with Crippen LogP contribution >= 0.6 is 11.8 Å². The average Bonchev–Trinajstić information content (AvgIpc) is 3.21. The van der Waals surface area contributed by atoms with Crippen LogP contribution in [-0.2, 0) is 17.5 Å². The second-order valence-electron chi connectivity index (χ2n) is 7.06. The predicted molar refractivity (Wildman–Crippen MR) is 123 cm³/mol. The molecule has 2 aromatic carbocycles. The van der Waals surface area contributed by atoms with Crippen LogP contribution in [0.4, 0.5) is 18.9 Å². The van der Waals surface area contributed by atoms with Crippen LogP contribution in [0.25, 0.3) is 0 Å². The number of halogens is 3. The predicted octanol–water partition coefficient (Wildman–Crippen LogP) is 5.36. The number of ether oxygens (including phenoxy) is 2. The lowest BCUT2D eigenvalue weighted by atomic mass is 10.2. The molecular formula is C23H23F3N4O3S. The molecule has 0 bridgehead atoms. The van der Waals surface area contributed by atoms with Crippen molar-refractivity contribution in [2.24, 2.45) is 0 Å². The summed E-state index contributed by atoms with van der Waals surface area (Å²) in [7, 11) is 1.55. The zero-order valence-electron chi connectivity index (χ0n) is 18.5. The van der Waals surface area contributed by atoms with Crippen molar-refractivity contribution >= 4 is 23.4 Å². The Hall–Kier alpha value is -3.47. The Morgan fingerprint density at radius 2 is 1.85 bits per heavy atom. The largest absolute Gasteiger partial charge is 0.493 e. The molecule has 1 unspecified atom stereocenters. The molecule has 3 aromatic rings.